The lowest BCUT2D eigenvalue weighted by atomic mass is 10.1. The van der Waals surface area contributed by atoms with Crippen molar-refractivity contribution in [2.24, 2.45) is 0 Å². The van der Waals surface area contributed by atoms with Crippen LogP contribution in [-0.4, -0.2) is 55.6 Å². The lowest BCUT2D eigenvalue weighted by Gasteiger charge is -2.35. The summed E-state index contributed by atoms with van der Waals surface area (Å²) in [6, 6.07) is 4.56. The van der Waals surface area contributed by atoms with Crippen molar-refractivity contribution in [2.45, 2.75) is 30.8 Å². The second-order valence-electron chi connectivity index (χ2n) is 8.27. The van der Waals surface area contributed by atoms with E-state index in [-0.39, 0.29) is 11.6 Å². The fraction of sp³-hybridized carbons (Fsp3) is 0.429. The number of hydrogen-bond acceptors (Lipinski definition) is 6. The predicted molar refractivity (Wildman–Crippen MR) is 118 cm³/mol. The van der Waals surface area contributed by atoms with Crippen LogP contribution >= 0.6 is 11.6 Å². The smallest absolute Gasteiger partial charge is 0.354 e. The van der Waals surface area contributed by atoms with Gasteiger partial charge in [-0.3, -0.25) is 9.69 Å². The van der Waals surface area contributed by atoms with E-state index in [1.54, 1.807) is 0 Å². The number of amides is 1. The number of rotatable bonds is 6. The Labute approximate surface area is 198 Å². The van der Waals surface area contributed by atoms with Crippen LogP contribution in [0.3, 0.4) is 0 Å². The zero-order chi connectivity index (χ0) is 24.7. The number of hydrogen-bond donors (Lipinski definition) is 1. The molecule has 0 radical (unpaired) electrons. The molecule has 1 saturated carbocycles. The van der Waals surface area contributed by atoms with Gasteiger partial charge < -0.3 is 4.90 Å². The number of aromatic nitrogens is 1. The molecule has 34 heavy (non-hydrogen) atoms. The highest BCUT2D eigenvalue weighted by Gasteiger charge is 2.37. The van der Waals surface area contributed by atoms with E-state index in [1.807, 2.05) is 14.5 Å². The fourth-order valence-electron chi connectivity index (χ4n) is 3.65. The van der Waals surface area contributed by atoms with E-state index in [0.717, 1.165) is 24.4 Å². The van der Waals surface area contributed by atoms with Crippen molar-refractivity contribution in [2.75, 3.05) is 31.1 Å². The Kier molecular flexibility index (Phi) is 6.76. The molecule has 2 aliphatic rings. The Hall–Kier alpha value is -2.44. The molecular weight excluding hydrogens is 500 g/mol. The van der Waals surface area contributed by atoms with Gasteiger partial charge in [0.2, 0.25) is 10.0 Å². The average Bonchev–Trinajstić information content (AvgIpc) is 3.62. The first-order chi connectivity index (χ1) is 15.9. The molecule has 0 atom stereocenters. The summed E-state index contributed by atoms with van der Waals surface area (Å²) in [5.41, 5.74) is -0.827. The highest BCUT2D eigenvalue weighted by molar-refractivity contribution is 7.91. The van der Waals surface area contributed by atoms with Gasteiger partial charge in [-0.25, -0.2) is 22.5 Å². The van der Waals surface area contributed by atoms with Crippen LogP contribution in [0.2, 0.25) is 5.02 Å². The third kappa shape index (κ3) is 5.61. The normalized spacial score (nSPS) is 17.6. The number of pyridine rings is 1. The van der Waals surface area contributed by atoms with Gasteiger partial charge in [0.05, 0.1) is 16.4 Å². The first-order valence-electron chi connectivity index (χ1n) is 10.5. The standard InChI is InChI=1S/C21H21ClF4N4O3S/c22-17-10-16(20(31)28-34(32,33)15-2-3-15)18(23)9-13(17)12-29-5-7-30(8-6-29)19-4-1-14(11-27-19)21(24,25)26/h1,4,9-11,15H,2-3,5-8,12H2,(H,28,31). The monoisotopic (exact) mass is 520 g/mol. The van der Waals surface area contributed by atoms with Crippen LogP contribution in [0.15, 0.2) is 30.5 Å². The van der Waals surface area contributed by atoms with E-state index in [0.29, 0.717) is 50.4 Å². The van der Waals surface area contributed by atoms with Gasteiger partial charge in [0.15, 0.2) is 0 Å². The van der Waals surface area contributed by atoms with Gasteiger partial charge in [0, 0.05) is 43.9 Å². The molecule has 2 heterocycles. The minimum atomic E-state index is -4.44. The van der Waals surface area contributed by atoms with E-state index in [4.69, 9.17) is 11.6 Å². The molecule has 184 valence electrons. The van der Waals surface area contributed by atoms with E-state index < -0.39 is 44.3 Å². The molecule has 2 aromatic rings. The van der Waals surface area contributed by atoms with E-state index in [1.165, 1.54) is 6.07 Å². The Balaban J connectivity index is 1.36. The number of sulfonamides is 1. The van der Waals surface area contributed by atoms with Crippen molar-refractivity contribution in [3.05, 3.63) is 58.0 Å². The van der Waals surface area contributed by atoms with Crippen LogP contribution in [0.25, 0.3) is 0 Å². The number of piperazine rings is 1. The summed E-state index contributed by atoms with van der Waals surface area (Å²) in [6.45, 7) is 2.34. The molecule has 1 saturated heterocycles. The summed E-state index contributed by atoms with van der Waals surface area (Å²) >= 11 is 6.25. The number of nitrogens with zero attached hydrogens (tertiary/aromatic N) is 3. The number of alkyl halides is 3. The Bertz CT molecular complexity index is 1180. The lowest BCUT2D eigenvalue weighted by molar-refractivity contribution is -0.137. The zero-order valence-electron chi connectivity index (χ0n) is 17.8. The average molecular weight is 521 g/mol. The molecule has 0 bridgehead atoms. The van der Waals surface area contributed by atoms with Crippen molar-refractivity contribution >= 4 is 33.3 Å². The van der Waals surface area contributed by atoms with Crippen molar-refractivity contribution < 1.29 is 30.8 Å². The van der Waals surface area contributed by atoms with Crippen molar-refractivity contribution in [1.82, 2.24) is 14.6 Å². The maximum absolute atomic E-state index is 14.6. The number of carbonyl (C=O) groups is 1. The number of benzene rings is 1. The molecule has 1 N–H and O–H groups in total. The summed E-state index contributed by atoms with van der Waals surface area (Å²) in [7, 11) is -3.82. The van der Waals surface area contributed by atoms with Crippen LogP contribution in [0.4, 0.5) is 23.4 Å². The maximum atomic E-state index is 14.6. The third-order valence-electron chi connectivity index (χ3n) is 5.74. The van der Waals surface area contributed by atoms with Gasteiger partial charge >= 0.3 is 6.18 Å². The van der Waals surface area contributed by atoms with E-state index in [9.17, 15) is 30.8 Å². The quantitative estimate of drug-likeness (QED) is 0.588. The van der Waals surface area contributed by atoms with Crippen LogP contribution in [0.5, 0.6) is 0 Å². The zero-order valence-corrected chi connectivity index (χ0v) is 19.4. The minimum absolute atomic E-state index is 0.127. The van der Waals surface area contributed by atoms with Gasteiger partial charge in [-0.1, -0.05) is 11.6 Å². The van der Waals surface area contributed by atoms with Gasteiger partial charge in [0.1, 0.15) is 11.6 Å². The Morgan fingerprint density at radius 1 is 1.15 bits per heavy atom. The molecule has 0 spiro atoms. The number of carbonyl (C=O) groups excluding carboxylic acids is 1. The minimum Gasteiger partial charge on any atom is -0.354 e. The molecule has 1 aromatic heterocycles. The molecule has 1 aliphatic heterocycles. The van der Waals surface area contributed by atoms with Gasteiger partial charge in [-0.15, -0.1) is 0 Å². The molecule has 1 aromatic carbocycles. The summed E-state index contributed by atoms with van der Waals surface area (Å²) in [4.78, 5) is 20.0. The topological polar surface area (TPSA) is 82.6 Å². The summed E-state index contributed by atoms with van der Waals surface area (Å²) < 4.78 is 78.5. The molecule has 1 aliphatic carbocycles. The number of nitrogens with one attached hydrogen (secondary N) is 1. The summed E-state index contributed by atoms with van der Waals surface area (Å²) in [6.07, 6.45) is -2.71. The first-order valence-corrected chi connectivity index (χ1v) is 12.4. The molecule has 1 amide bonds. The van der Waals surface area contributed by atoms with Crippen LogP contribution in [-0.2, 0) is 22.7 Å². The molecule has 13 heteroatoms. The van der Waals surface area contributed by atoms with Gasteiger partial charge in [0.25, 0.3) is 5.91 Å². The van der Waals surface area contributed by atoms with Crippen LogP contribution in [0.1, 0.15) is 34.3 Å². The Morgan fingerprint density at radius 2 is 1.82 bits per heavy atom. The molecule has 0 unspecified atom stereocenters. The fourth-order valence-corrected chi connectivity index (χ4v) is 5.16. The molecule has 4 rings (SSSR count). The van der Waals surface area contributed by atoms with Crippen molar-refractivity contribution in [1.29, 1.82) is 0 Å². The SMILES string of the molecule is O=C(NS(=O)(=O)C1CC1)c1cc(Cl)c(CN2CCN(c3ccc(C(F)(F)F)cn3)CC2)cc1F. The third-order valence-corrected chi connectivity index (χ3v) is 7.92. The van der Waals surface area contributed by atoms with Gasteiger partial charge in [-0.2, -0.15) is 13.2 Å². The maximum Gasteiger partial charge on any atom is 0.417 e. The second kappa shape index (κ2) is 9.31. The number of anilines is 1. The second-order valence-corrected chi connectivity index (χ2v) is 10.6. The van der Waals surface area contributed by atoms with E-state index >= 15 is 0 Å². The molecule has 7 nitrogen and oxygen atoms in total. The highest BCUT2D eigenvalue weighted by Crippen LogP contribution is 2.30. The predicted octanol–water partition coefficient (Wildman–Crippen LogP) is 3.44. The molecule has 2 fully saturated rings. The lowest BCUT2D eigenvalue weighted by Crippen LogP contribution is -2.46. The van der Waals surface area contributed by atoms with Crippen molar-refractivity contribution in [3.8, 4) is 0 Å². The summed E-state index contributed by atoms with van der Waals surface area (Å²) in [5.74, 6) is -1.50. The van der Waals surface area contributed by atoms with Crippen LogP contribution in [0, 0.1) is 5.82 Å². The van der Waals surface area contributed by atoms with Gasteiger partial charge in [-0.05, 0) is 42.7 Å². The highest BCUT2D eigenvalue weighted by atomic mass is 35.5. The largest absolute Gasteiger partial charge is 0.417 e. The Morgan fingerprint density at radius 3 is 2.38 bits per heavy atom. The first kappa shape index (κ1) is 24.7. The number of halogens is 5. The van der Waals surface area contributed by atoms with E-state index in [2.05, 4.69) is 4.98 Å². The van der Waals surface area contributed by atoms with Crippen molar-refractivity contribution in [3.63, 3.8) is 0 Å². The summed E-state index contributed by atoms with van der Waals surface area (Å²) in [5, 5.41) is -0.493. The molecular formula is C21H21ClF4N4O3S. The van der Waals surface area contributed by atoms with Crippen LogP contribution < -0.4 is 9.62 Å².